The van der Waals surface area contributed by atoms with Crippen LogP contribution in [0.25, 0.3) is 0 Å². The first-order valence-corrected chi connectivity index (χ1v) is 5.54. The average molecular weight is 231 g/mol. The molecule has 1 aromatic heterocycles. The Labute approximate surface area is 92.2 Å². The van der Waals surface area contributed by atoms with E-state index in [1.54, 1.807) is 24.0 Å². The second-order valence-corrected chi connectivity index (χ2v) is 4.08. The Balaban J connectivity index is 2.71. The highest BCUT2D eigenvalue weighted by Crippen LogP contribution is 2.28. The lowest BCUT2D eigenvalue weighted by molar-refractivity contribution is -0.107. The summed E-state index contributed by atoms with van der Waals surface area (Å²) >= 11 is 7.36. The zero-order chi connectivity index (χ0) is 10.4. The molecule has 1 rings (SSSR count). The molecule has 0 unspecified atom stereocenters. The maximum Gasteiger partial charge on any atom is 0.130 e. The molecule has 5 heteroatoms. The third-order valence-corrected chi connectivity index (χ3v) is 2.89. The SMILES string of the molecule is CNc1cnc(Cl)cc1SCCC=O. The largest absolute Gasteiger partial charge is 0.386 e. The fourth-order valence-electron chi connectivity index (χ4n) is 0.937. The van der Waals surface area contributed by atoms with Gasteiger partial charge < -0.3 is 10.1 Å². The van der Waals surface area contributed by atoms with E-state index in [1.165, 1.54) is 0 Å². The van der Waals surface area contributed by atoms with Gasteiger partial charge in [-0.3, -0.25) is 0 Å². The summed E-state index contributed by atoms with van der Waals surface area (Å²) in [7, 11) is 1.83. The molecular weight excluding hydrogens is 220 g/mol. The predicted molar refractivity (Wildman–Crippen MR) is 60.2 cm³/mol. The smallest absolute Gasteiger partial charge is 0.130 e. The topological polar surface area (TPSA) is 42.0 Å². The first-order valence-electron chi connectivity index (χ1n) is 4.17. The molecule has 76 valence electrons. The minimum Gasteiger partial charge on any atom is -0.386 e. The monoisotopic (exact) mass is 230 g/mol. The molecule has 0 bridgehead atoms. The van der Waals surface area contributed by atoms with E-state index >= 15 is 0 Å². The minimum absolute atomic E-state index is 0.470. The van der Waals surface area contributed by atoms with Crippen LogP contribution in [0.4, 0.5) is 5.69 Å². The first kappa shape index (κ1) is 11.3. The summed E-state index contributed by atoms with van der Waals surface area (Å²) in [6, 6.07) is 1.79. The standard InChI is InChI=1S/C9H11ClN2OS/c1-11-7-6-12-9(10)5-8(7)14-4-2-3-13/h3,5-6,11H,2,4H2,1H3. The molecular formula is C9H11ClN2OS. The summed E-state index contributed by atoms with van der Waals surface area (Å²) in [5, 5.41) is 3.49. The van der Waals surface area contributed by atoms with E-state index in [9.17, 15) is 4.79 Å². The van der Waals surface area contributed by atoms with Crippen LogP contribution in [0.2, 0.25) is 5.15 Å². The quantitative estimate of drug-likeness (QED) is 0.365. The minimum atomic E-state index is 0.470. The fraction of sp³-hybridized carbons (Fsp3) is 0.333. The van der Waals surface area contributed by atoms with Crippen molar-refractivity contribution < 1.29 is 4.79 Å². The van der Waals surface area contributed by atoms with Gasteiger partial charge in [-0.1, -0.05) is 11.6 Å². The van der Waals surface area contributed by atoms with Crippen molar-refractivity contribution in [3.05, 3.63) is 17.4 Å². The summed E-state index contributed by atoms with van der Waals surface area (Å²) in [6.07, 6.45) is 3.15. The summed E-state index contributed by atoms with van der Waals surface area (Å²) in [5.41, 5.74) is 0.935. The second kappa shape index (κ2) is 5.88. The van der Waals surface area contributed by atoms with Gasteiger partial charge in [0.25, 0.3) is 0 Å². The number of rotatable bonds is 5. The highest BCUT2D eigenvalue weighted by Gasteiger charge is 2.03. The number of aromatic nitrogens is 1. The van der Waals surface area contributed by atoms with Crippen molar-refractivity contribution in [3.8, 4) is 0 Å². The molecule has 0 saturated heterocycles. The van der Waals surface area contributed by atoms with E-state index in [0.29, 0.717) is 11.6 Å². The molecule has 0 fully saturated rings. The van der Waals surface area contributed by atoms with Crippen molar-refractivity contribution in [2.45, 2.75) is 11.3 Å². The average Bonchev–Trinajstić information content (AvgIpc) is 2.19. The molecule has 0 radical (unpaired) electrons. The zero-order valence-electron chi connectivity index (χ0n) is 7.79. The lowest BCUT2D eigenvalue weighted by Crippen LogP contribution is -1.93. The molecule has 1 heterocycles. The summed E-state index contributed by atoms with van der Waals surface area (Å²) in [6.45, 7) is 0. The van der Waals surface area contributed by atoms with Crippen molar-refractivity contribution >= 4 is 35.3 Å². The van der Waals surface area contributed by atoms with Gasteiger partial charge in [0, 0.05) is 24.1 Å². The number of halogens is 1. The van der Waals surface area contributed by atoms with Crippen molar-refractivity contribution in [3.63, 3.8) is 0 Å². The van der Waals surface area contributed by atoms with Gasteiger partial charge in [0.1, 0.15) is 11.4 Å². The molecule has 0 spiro atoms. The number of hydrogen-bond acceptors (Lipinski definition) is 4. The van der Waals surface area contributed by atoms with E-state index in [0.717, 1.165) is 22.6 Å². The number of nitrogens with zero attached hydrogens (tertiary/aromatic N) is 1. The van der Waals surface area contributed by atoms with Crippen LogP contribution in [0.15, 0.2) is 17.2 Å². The third-order valence-electron chi connectivity index (χ3n) is 1.60. The molecule has 0 aromatic carbocycles. The van der Waals surface area contributed by atoms with Gasteiger partial charge in [0.15, 0.2) is 0 Å². The van der Waals surface area contributed by atoms with E-state index in [4.69, 9.17) is 11.6 Å². The Bertz CT molecular complexity index is 320. The Morgan fingerprint density at radius 1 is 1.71 bits per heavy atom. The molecule has 0 aliphatic rings. The van der Waals surface area contributed by atoms with Crippen LogP contribution < -0.4 is 5.32 Å². The van der Waals surface area contributed by atoms with Crippen molar-refractivity contribution in [2.24, 2.45) is 0 Å². The van der Waals surface area contributed by atoms with Gasteiger partial charge in [-0.2, -0.15) is 0 Å². The number of aldehydes is 1. The maximum atomic E-state index is 10.1. The lowest BCUT2D eigenvalue weighted by atomic mass is 10.4. The molecule has 0 aliphatic carbocycles. The number of nitrogens with one attached hydrogen (secondary N) is 1. The maximum absolute atomic E-state index is 10.1. The van der Waals surface area contributed by atoms with E-state index < -0.39 is 0 Å². The van der Waals surface area contributed by atoms with Crippen LogP contribution >= 0.6 is 23.4 Å². The molecule has 0 atom stereocenters. The normalized spacial score (nSPS) is 9.86. The molecule has 1 aromatic rings. The zero-order valence-corrected chi connectivity index (χ0v) is 9.36. The number of carbonyl (C=O) groups excluding carboxylic acids is 1. The van der Waals surface area contributed by atoms with Crippen molar-refractivity contribution in [1.29, 1.82) is 0 Å². The number of anilines is 1. The number of thioether (sulfide) groups is 1. The van der Waals surface area contributed by atoms with Crippen molar-refractivity contribution in [1.82, 2.24) is 4.98 Å². The Hall–Kier alpha value is -0.740. The van der Waals surface area contributed by atoms with Gasteiger partial charge >= 0.3 is 0 Å². The van der Waals surface area contributed by atoms with Crippen LogP contribution in [-0.4, -0.2) is 24.1 Å². The second-order valence-electron chi connectivity index (χ2n) is 2.56. The highest BCUT2D eigenvalue weighted by atomic mass is 35.5. The summed E-state index contributed by atoms with van der Waals surface area (Å²) in [4.78, 5) is 15.1. The Morgan fingerprint density at radius 3 is 3.14 bits per heavy atom. The third kappa shape index (κ3) is 3.20. The molecule has 0 saturated carbocycles. The molecule has 14 heavy (non-hydrogen) atoms. The van der Waals surface area contributed by atoms with Crippen LogP contribution in [0.1, 0.15) is 6.42 Å². The Morgan fingerprint density at radius 2 is 2.50 bits per heavy atom. The summed E-state index contributed by atoms with van der Waals surface area (Å²) < 4.78 is 0. The molecule has 3 nitrogen and oxygen atoms in total. The van der Waals surface area contributed by atoms with Gasteiger partial charge in [-0.05, 0) is 6.07 Å². The van der Waals surface area contributed by atoms with Crippen molar-refractivity contribution in [2.75, 3.05) is 18.1 Å². The van der Waals surface area contributed by atoms with E-state index in [-0.39, 0.29) is 0 Å². The molecule has 1 N–H and O–H groups in total. The number of pyridine rings is 1. The molecule has 0 amide bonds. The van der Waals surface area contributed by atoms with Crippen LogP contribution in [0, 0.1) is 0 Å². The predicted octanol–water partition coefficient (Wildman–Crippen LogP) is 2.46. The number of hydrogen-bond donors (Lipinski definition) is 1. The highest BCUT2D eigenvalue weighted by molar-refractivity contribution is 7.99. The first-order chi connectivity index (χ1) is 6.77. The number of carbonyl (C=O) groups is 1. The summed E-state index contributed by atoms with van der Waals surface area (Å²) in [5.74, 6) is 0.762. The van der Waals surface area contributed by atoms with E-state index in [2.05, 4.69) is 10.3 Å². The van der Waals surface area contributed by atoms with E-state index in [1.807, 2.05) is 7.05 Å². The van der Waals surface area contributed by atoms with Gasteiger partial charge in [0.2, 0.25) is 0 Å². The lowest BCUT2D eigenvalue weighted by Gasteiger charge is -2.07. The van der Waals surface area contributed by atoms with Gasteiger partial charge in [-0.15, -0.1) is 11.8 Å². The van der Waals surface area contributed by atoms with Crippen LogP contribution in [0.3, 0.4) is 0 Å². The fourth-order valence-corrected chi connectivity index (χ4v) is 2.10. The van der Waals surface area contributed by atoms with Crippen LogP contribution in [0.5, 0.6) is 0 Å². The van der Waals surface area contributed by atoms with Crippen LogP contribution in [-0.2, 0) is 4.79 Å². The van der Waals surface area contributed by atoms with Gasteiger partial charge in [0.05, 0.1) is 11.9 Å². The molecule has 0 aliphatic heterocycles. The van der Waals surface area contributed by atoms with Gasteiger partial charge in [-0.25, -0.2) is 4.98 Å². The Kier molecular flexibility index (Phi) is 4.76.